The number of esters is 1. The van der Waals surface area contributed by atoms with Crippen LogP contribution in [0.25, 0.3) is 0 Å². The average Bonchev–Trinajstić information content (AvgIpc) is 2.77. The maximum absolute atomic E-state index is 11.1. The number of hydrogen-bond donors (Lipinski definition) is 1. The van der Waals surface area contributed by atoms with Crippen LogP contribution in [-0.4, -0.2) is 19.1 Å². The van der Waals surface area contributed by atoms with Gasteiger partial charge in [-0.3, -0.25) is 4.79 Å². The van der Waals surface area contributed by atoms with Crippen LogP contribution in [0.15, 0.2) is 12.1 Å². The zero-order chi connectivity index (χ0) is 12.5. The summed E-state index contributed by atoms with van der Waals surface area (Å²) in [7, 11) is 0. The van der Waals surface area contributed by atoms with Crippen molar-refractivity contribution in [1.29, 1.82) is 0 Å². The maximum atomic E-state index is 11.1. The molecule has 3 nitrogen and oxygen atoms in total. The first-order valence-corrected chi connectivity index (χ1v) is 7.01. The molecule has 0 aliphatic carbocycles. The Morgan fingerprint density at radius 1 is 1.35 bits per heavy atom. The highest BCUT2D eigenvalue weighted by atomic mass is 32.1. The number of aryl methyl sites for hydroxylation is 1. The summed E-state index contributed by atoms with van der Waals surface area (Å²) in [6.07, 6.45) is 2.45. The van der Waals surface area contributed by atoms with E-state index >= 15 is 0 Å². The van der Waals surface area contributed by atoms with Gasteiger partial charge in [-0.1, -0.05) is 6.92 Å². The van der Waals surface area contributed by atoms with Crippen molar-refractivity contribution in [2.24, 2.45) is 0 Å². The summed E-state index contributed by atoms with van der Waals surface area (Å²) in [4.78, 5) is 13.9. The molecule has 0 radical (unpaired) electrons. The molecule has 17 heavy (non-hydrogen) atoms. The van der Waals surface area contributed by atoms with Crippen LogP contribution < -0.4 is 5.32 Å². The van der Waals surface area contributed by atoms with E-state index in [9.17, 15) is 4.79 Å². The van der Waals surface area contributed by atoms with Crippen LogP contribution in [0.4, 0.5) is 0 Å². The zero-order valence-corrected chi connectivity index (χ0v) is 11.4. The fourth-order valence-electron chi connectivity index (χ4n) is 1.51. The smallest absolute Gasteiger partial charge is 0.305 e. The first-order valence-electron chi connectivity index (χ1n) is 6.20. The van der Waals surface area contributed by atoms with Gasteiger partial charge in [-0.05, 0) is 38.4 Å². The predicted octanol–water partition coefficient (Wildman–Crippen LogP) is 2.74. The summed E-state index contributed by atoms with van der Waals surface area (Å²) in [5.41, 5.74) is 0. The molecule has 0 aliphatic rings. The summed E-state index contributed by atoms with van der Waals surface area (Å²) >= 11 is 1.85. The zero-order valence-electron chi connectivity index (χ0n) is 10.6. The molecule has 0 aromatic carbocycles. The SMILES string of the molecule is CCOC(=O)CCCNCc1ccc(CC)s1. The molecule has 1 N–H and O–H groups in total. The second-order valence-electron chi connectivity index (χ2n) is 3.81. The van der Waals surface area contributed by atoms with Gasteiger partial charge < -0.3 is 10.1 Å². The quantitative estimate of drug-likeness (QED) is 0.573. The van der Waals surface area contributed by atoms with Crippen LogP contribution in [0.5, 0.6) is 0 Å². The number of nitrogens with one attached hydrogen (secondary N) is 1. The molecule has 1 aromatic heterocycles. The van der Waals surface area contributed by atoms with Gasteiger partial charge in [0.25, 0.3) is 0 Å². The molecule has 0 bridgehead atoms. The van der Waals surface area contributed by atoms with Crippen LogP contribution in [0.2, 0.25) is 0 Å². The van der Waals surface area contributed by atoms with E-state index in [0.29, 0.717) is 13.0 Å². The second kappa shape index (κ2) is 8.25. The Kier molecular flexibility index (Phi) is 6.89. The molecule has 1 aromatic rings. The lowest BCUT2D eigenvalue weighted by Gasteiger charge is -2.03. The van der Waals surface area contributed by atoms with Gasteiger partial charge in [0.1, 0.15) is 0 Å². The lowest BCUT2D eigenvalue weighted by Crippen LogP contribution is -2.15. The van der Waals surface area contributed by atoms with Crippen molar-refractivity contribution in [3.63, 3.8) is 0 Å². The average molecular weight is 255 g/mol. The summed E-state index contributed by atoms with van der Waals surface area (Å²) in [5, 5.41) is 3.34. The van der Waals surface area contributed by atoms with Gasteiger partial charge in [0.2, 0.25) is 0 Å². The van der Waals surface area contributed by atoms with Crippen molar-refractivity contribution in [2.45, 2.75) is 39.7 Å². The fraction of sp³-hybridized carbons (Fsp3) is 0.615. The summed E-state index contributed by atoms with van der Waals surface area (Å²) < 4.78 is 4.86. The summed E-state index contributed by atoms with van der Waals surface area (Å²) in [5.74, 6) is -0.0984. The topological polar surface area (TPSA) is 38.3 Å². The number of hydrogen-bond acceptors (Lipinski definition) is 4. The second-order valence-corrected chi connectivity index (χ2v) is 5.06. The van der Waals surface area contributed by atoms with E-state index < -0.39 is 0 Å². The van der Waals surface area contributed by atoms with Crippen LogP contribution in [0, 0.1) is 0 Å². The number of ether oxygens (including phenoxy) is 1. The summed E-state index contributed by atoms with van der Waals surface area (Å²) in [6.45, 7) is 6.23. The Morgan fingerprint density at radius 3 is 2.76 bits per heavy atom. The normalized spacial score (nSPS) is 10.5. The molecule has 0 atom stereocenters. The standard InChI is InChI=1S/C13H21NO2S/c1-3-11-7-8-12(17-11)10-14-9-5-6-13(15)16-4-2/h7-8,14H,3-6,9-10H2,1-2H3. The van der Waals surface area contributed by atoms with E-state index in [1.165, 1.54) is 9.75 Å². The van der Waals surface area contributed by atoms with Crippen molar-refractivity contribution in [1.82, 2.24) is 5.32 Å². The van der Waals surface area contributed by atoms with Crippen LogP contribution in [0.3, 0.4) is 0 Å². The van der Waals surface area contributed by atoms with E-state index in [4.69, 9.17) is 4.74 Å². The van der Waals surface area contributed by atoms with Crippen molar-refractivity contribution >= 4 is 17.3 Å². The third-order valence-corrected chi connectivity index (χ3v) is 3.63. The van der Waals surface area contributed by atoms with Gasteiger partial charge in [-0.2, -0.15) is 0 Å². The van der Waals surface area contributed by atoms with Crippen molar-refractivity contribution in [3.8, 4) is 0 Å². The molecule has 1 heterocycles. The highest BCUT2D eigenvalue weighted by Crippen LogP contribution is 2.16. The maximum Gasteiger partial charge on any atom is 0.305 e. The predicted molar refractivity (Wildman–Crippen MR) is 71.3 cm³/mol. The van der Waals surface area contributed by atoms with Gasteiger partial charge >= 0.3 is 5.97 Å². The monoisotopic (exact) mass is 255 g/mol. The highest BCUT2D eigenvalue weighted by Gasteiger charge is 2.01. The Hall–Kier alpha value is -0.870. The minimum Gasteiger partial charge on any atom is -0.466 e. The van der Waals surface area contributed by atoms with E-state index in [2.05, 4.69) is 24.4 Å². The molecule has 0 amide bonds. The number of thiophene rings is 1. The Bertz CT molecular complexity index is 336. The molecular formula is C13H21NO2S. The molecule has 0 fully saturated rings. The third-order valence-electron chi connectivity index (χ3n) is 2.40. The lowest BCUT2D eigenvalue weighted by atomic mass is 10.3. The Morgan fingerprint density at radius 2 is 2.12 bits per heavy atom. The first-order chi connectivity index (χ1) is 8.26. The van der Waals surface area contributed by atoms with Gasteiger partial charge in [-0.15, -0.1) is 11.3 Å². The number of carbonyl (C=O) groups excluding carboxylic acids is 1. The lowest BCUT2D eigenvalue weighted by molar-refractivity contribution is -0.143. The minimum absolute atomic E-state index is 0.0984. The molecule has 0 aliphatic heterocycles. The molecule has 0 saturated heterocycles. The van der Waals surface area contributed by atoms with Gasteiger partial charge in [0.05, 0.1) is 6.61 Å². The van der Waals surface area contributed by atoms with Crippen molar-refractivity contribution < 1.29 is 9.53 Å². The third kappa shape index (κ3) is 5.84. The molecule has 0 saturated carbocycles. The van der Waals surface area contributed by atoms with E-state index in [1.54, 1.807) is 0 Å². The first kappa shape index (κ1) is 14.2. The Labute approximate surface area is 107 Å². The summed E-state index contributed by atoms with van der Waals surface area (Å²) in [6, 6.07) is 4.35. The number of rotatable bonds is 8. The number of carbonyl (C=O) groups is 1. The van der Waals surface area contributed by atoms with Gasteiger partial charge in [0.15, 0.2) is 0 Å². The molecule has 96 valence electrons. The van der Waals surface area contributed by atoms with E-state index in [1.807, 2.05) is 18.3 Å². The van der Waals surface area contributed by atoms with Crippen molar-refractivity contribution in [3.05, 3.63) is 21.9 Å². The minimum atomic E-state index is -0.0984. The van der Waals surface area contributed by atoms with Crippen LogP contribution in [0.1, 0.15) is 36.4 Å². The van der Waals surface area contributed by atoms with E-state index in [0.717, 1.165) is 25.9 Å². The van der Waals surface area contributed by atoms with Crippen molar-refractivity contribution in [2.75, 3.05) is 13.2 Å². The molecule has 0 unspecified atom stereocenters. The fourth-order valence-corrected chi connectivity index (χ4v) is 2.44. The largest absolute Gasteiger partial charge is 0.466 e. The van der Waals surface area contributed by atoms with Gasteiger partial charge in [-0.25, -0.2) is 0 Å². The molecule has 1 rings (SSSR count). The Balaban J connectivity index is 2.06. The van der Waals surface area contributed by atoms with E-state index in [-0.39, 0.29) is 5.97 Å². The van der Waals surface area contributed by atoms with Crippen LogP contribution in [-0.2, 0) is 22.5 Å². The molecule has 4 heteroatoms. The van der Waals surface area contributed by atoms with Gasteiger partial charge in [0, 0.05) is 22.7 Å². The highest BCUT2D eigenvalue weighted by molar-refractivity contribution is 7.11. The van der Waals surface area contributed by atoms with Crippen LogP contribution >= 0.6 is 11.3 Å². The molecule has 0 spiro atoms. The molecular weight excluding hydrogens is 234 g/mol.